The van der Waals surface area contributed by atoms with E-state index in [0.29, 0.717) is 12.8 Å². The Hall–Kier alpha value is -2.62. The number of rotatable bonds is 16. The van der Waals surface area contributed by atoms with Gasteiger partial charge in [0.15, 0.2) is 0 Å². The number of hydrogen-bond acceptors (Lipinski definition) is 2. The van der Waals surface area contributed by atoms with E-state index >= 15 is 0 Å². The Bertz CT molecular complexity index is 651. The fourth-order valence-electron chi connectivity index (χ4n) is 2.43. The van der Waals surface area contributed by atoms with Crippen molar-refractivity contribution in [2.24, 2.45) is 0 Å². The highest BCUT2D eigenvalue weighted by molar-refractivity contribution is 5.83. The summed E-state index contributed by atoms with van der Waals surface area (Å²) in [7, 11) is 0. The maximum atomic E-state index is 11.6. The van der Waals surface area contributed by atoms with Crippen molar-refractivity contribution in [1.82, 2.24) is 5.32 Å². The molecule has 0 spiro atoms. The van der Waals surface area contributed by atoms with E-state index < -0.39 is 12.0 Å². The SMILES string of the molecule is CC/C=C\C/C=C\C/C=C\C/C=C\C/C=C\C/C(C)=C\CCC(=O)NC(C)C(=O)O. The Morgan fingerprint density at radius 1 is 0.833 bits per heavy atom. The van der Waals surface area contributed by atoms with Crippen LogP contribution >= 0.6 is 0 Å². The van der Waals surface area contributed by atoms with E-state index in [-0.39, 0.29) is 5.91 Å². The van der Waals surface area contributed by atoms with Crippen LogP contribution in [0.3, 0.4) is 0 Å². The molecule has 1 unspecified atom stereocenters. The van der Waals surface area contributed by atoms with Gasteiger partial charge in [0.1, 0.15) is 6.04 Å². The molecule has 0 aromatic rings. The van der Waals surface area contributed by atoms with Crippen molar-refractivity contribution in [3.05, 3.63) is 72.4 Å². The standard InChI is InChI=1S/C26H39NO3/c1-4-5-6-7-8-9-10-11-12-13-14-15-16-17-18-20-23(2)21-19-22-25(28)27-24(3)26(29)30/h5-6,8-9,11-12,14-15,17-18,21,24H,4,7,10,13,16,19-20,22H2,1-3H3,(H,27,28)(H,29,30)/b6-5-,9-8-,12-11-,15-14-,18-17-,23-21-. The van der Waals surface area contributed by atoms with Crippen LogP contribution in [0.25, 0.3) is 0 Å². The molecule has 0 fully saturated rings. The maximum Gasteiger partial charge on any atom is 0.325 e. The zero-order valence-corrected chi connectivity index (χ0v) is 18.8. The molecular formula is C26H39NO3. The number of carbonyl (C=O) groups excluding carboxylic acids is 1. The van der Waals surface area contributed by atoms with Gasteiger partial charge < -0.3 is 10.4 Å². The van der Waals surface area contributed by atoms with Crippen LogP contribution in [0.15, 0.2) is 72.4 Å². The van der Waals surface area contributed by atoms with Crippen molar-refractivity contribution in [3.63, 3.8) is 0 Å². The second-order valence-electron chi connectivity index (χ2n) is 7.13. The van der Waals surface area contributed by atoms with Crippen molar-refractivity contribution in [2.75, 3.05) is 0 Å². The Morgan fingerprint density at radius 2 is 1.30 bits per heavy atom. The molecule has 0 rings (SSSR count). The largest absolute Gasteiger partial charge is 0.480 e. The van der Waals surface area contributed by atoms with Gasteiger partial charge in [-0.25, -0.2) is 0 Å². The molecule has 0 aromatic carbocycles. The van der Waals surface area contributed by atoms with E-state index in [4.69, 9.17) is 5.11 Å². The van der Waals surface area contributed by atoms with Crippen molar-refractivity contribution >= 4 is 11.9 Å². The number of nitrogens with one attached hydrogen (secondary N) is 1. The molecule has 0 heterocycles. The maximum absolute atomic E-state index is 11.6. The first-order valence-electron chi connectivity index (χ1n) is 10.9. The Labute approximate surface area is 182 Å². The van der Waals surface area contributed by atoms with Crippen molar-refractivity contribution in [3.8, 4) is 0 Å². The highest BCUT2D eigenvalue weighted by Crippen LogP contribution is 2.05. The molecule has 4 nitrogen and oxygen atoms in total. The van der Waals surface area contributed by atoms with Gasteiger partial charge in [-0.15, -0.1) is 0 Å². The summed E-state index contributed by atoms with van der Waals surface area (Å²) >= 11 is 0. The number of carboxylic acid groups (broad SMARTS) is 1. The number of hydrogen-bond donors (Lipinski definition) is 2. The minimum absolute atomic E-state index is 0.233. The molecule has 0 aromatic heterocycles. The molecule has 0 aliphatic heterocycles. The van der Waals surface area contributed by atoms with Gasteiger partial charge in [-0.05, 0) is 58.8 Å². The topological polar surface area (TPSA) is 66.4 Å². The van der Waals surface area contributed by atoms with Crippen molar-refractivity contribution in [2.45, 2.75) is 78.2 Å². The van der Waals surface area contributed by atoms with Gasteiger partial charge in [-0.3, -0.25) is 9.59 Å². The van der Waals surface area contributed by atoms with Gasteiger partial charge in [-0.2, -0.15) is 0 Å². The van der Waals surface area contributed by atoms with E-state index in [2.05, 4.69) is 73.0 Å². The summed E-state index contributed by atoms with van der Waals surface area (Å²) in [5.41, 5.74) is 1.20. The molecular weight excluding hydrogens is 374 g/mol. The van der Waals surface area contributed by atoms with Crippen LogP contribution in [0.5, 0.6) is 0 Å². The lowest BCUT2D eigenvalue weighted by Gasteiger charge is -2.08. The van der Waals surface area contributed by atoms with Crippen LogP contribution in [-0.4, -0.2) is 23.0 Å². The summed E-state index contributed by atoms with van der Waals surface area (Å²) < 4.78 is 0. The zero-order chi connectivity index (χ0) is 22.5. The molecule has 30 heavy (non-hydrogen) atoms. The van der Waals surface area contributed by atoms with Crippen molar-refractivity contribution in [1.29, 1.82) is 0 Å². The molecule has 4 heteroatoms. The summed E-state index contributed by atoms with van der Waals surface area (Å²) in [4.78, 5) is 22.3. The lowest BCUT2D eigenvalue weighted by molar-refractivity contribution is -0.141. The van der Waals surface area contributed by atoms with Crippen LogP contribution in [-0.2, 0) is 9.59 Å². The number of carbonyl (C=O) groups is 2. The lowest BCUT2D eigenvalue weighted by atomic mass is 10.1. The average molecular weight is 414 g/mol. The van der Waals surface area contributed by atoms with Crippen LogP contribution < -0.4 is 5.32 Å². The summed E-state index contributed by atoms with van der Waals surface area (Å²) in [6.07, 6.45) is 30.6. The summed E-state index contributed by atoms with van der Waals surface area (Å²) in [5.74, 6) is -1.25. The molecule has 0 saturated carbocycles. The molecule has 0 radical (unpaired) electrons. The summed E-state index contributed by atoms with van der Waals surface area (Å²) in [5, 5.41) is 11.2. The van der Waals surface area contributed by atoms with Gasteiger partial charge >= 0.3 is 5.97 Å². The summed E-state index contributed by atoms with van der Waals surface area (Å²) in [6, 6.07) is -0.844. The molecule has 0 bridgehead atoms. The normalized spacial score (nSPS) is 14.0. The molecule has 0 aliphatic carbocycles. The summed E-state index contributed by atoms with van der Waals surface area (Å²) in [6.45, 7) is 5.64. The fraction of sp³-hybridized carbons (Fsp3) is 0.462. The second kappa shape index (κ2) is 19.7. The highest BCUT2D eigenvalue weighted by atomic mass is 16.4. The Kier molecular flexibility index (Phi) is 18.0. The zero-order valence-electron chi connectivity index (χ0n) is 18.8. The van der Waals surface area contributed by atoms with Gasteiger partial charge in [0, 0.05) is 6.42 Å². The van der Waals surface area contributed by atoms with Crippen LogP contribution in [0.2, 0.25) is 0 Å². The molecule has 166 valence electrons. The van der Waals surface area contributed by atoms with E-state index in [0.717, 1.165) is 38.5 Å². The molecule has 0 saturated heterocycles. The predicted molar refractivity (Wildman–Crippen MR) is 127 cm³/mol. The number of amides is 1. The van der Waals surface area contributed by atoms with Gasteiger partial charge in [0.05, 0.1) is 0 Å². The first-order chi connectivity index (χ1) is 14.5. The monoisotopic (exact) mass is 413 g/mol. The fourth-order valence-corrected chi connectivity index (χ4v) is 2.43. The van der Waals surface area contributed by atoms with Gasteiger partial charge in [0.25, 0.3) is 0 Å². The molecule has 0 aliphatic rings. The van der Waals surface area contributed by atoms with E-state index in [9.17, 15) is 9.59 Å². The first-order valence-corrected chi connectivity index (χ1v) is 10.9. The number of allylic oxidation sites excluding steroid dienone is 12. The molecule has 1 atom stereocenters. The number of carboxylic acids is 1. The Balaban J connectivity index is 3.82. The minimum Gasteiger partial charge on any atom is -0.480 e. The smallest absolute Gasteiger partial charge is 0.325 e. The van der Waals surface area contributed by atoms with Gasteiger partial charge in [-0.1, -0.05) is 79.3 Å². The second-order valence-corrected chi connectivity index (χ2v) is 7.13. The van der Waals surface area contributed by atoms with Gasteiger partial charge in [0.2, 0.25) is 5.91 Å². The van der Waals surface area contributed by atoms with Crippen LogP contribution in [0.1, 0.15) is 72.1 Å². The van der Waals surface area contributed by atoms with Crippen LogP contribution in [0.4, 0.5) is 0 Å². The van der Waals surface area contributed by atoms with E-state index in [1.165, 1.54) is 12.5 Å². The Morgan fingerprint density at radius 3 is 1.77 bits per heavy atom. The molecule has 2 N–H and O–H groups in total. The van der Waals surface area contributed by atoms with Crippen molar-refractivity contribution < 1.29 is 14.7 Å². The quantitative estimate of drug-likeness (QED) is 0.286. The predicted octanol–water partition coefficient (Wildman–Crippen LogP) is 6.44. The lowest BCUT2D eigenvalue weighted by Crippen LogP contribution is -2.38. The van der Waals surface area contributed by atoms with E-state index in [1.807, 2.05) is 13.0 Å². The first kappa shape index (κ1) is 27.4. The van der Waals surface area contributed by atoms with E-state index in [1.54, 1.807) is 0 Å². The highest BCUT2D eigenvalue weighted by Gasteiger charge is 2.12. The molecule has 1 amide bonds. The third-order valence-electron chi connectivity index (χ3n) is 4.21. The van der Waals surface area contributed by atoms with Crippen LogP contribution in [0, 0.1) is 0 Å². The minimum atomic E-state index is -1.02. The number of aliphatic carboxylic acids is 1. The third kappa shape index (κ3) is 18.7. The average Bonchev–Trinajstić information content (AvgIpc) is 2.70. The third-order valence-corrected chi connectivity index (χ3v) is 4.21.